The summed E-state index contributed by atoms with van der Waals surface area (Å²) in [6.45, 7) is 0. The van der Waals surface area contributed by atoms with E-state index in [1.54, 1.807) is 42.7 Å². The first-order valence-corrected chi connectivity index (χ1v) is 10.6. The number of hydrogen-bond donors (Lipinski definition) is 3. The Hall–Kier alpha value is -3.12. The van der Waals surface area contributed by atoms with E-state index in [-0.39, 0.29) is 0 Å². The normalized spacial score (nSPS) is 10.6. The smallest absolute Gasteiger partial charge is 0.335 e. The third-order valence-electron chi connectivity index (χ3n) is 2.99. The van der Waals surface area contributed by atoms with Crippen LogP contribution in [0.5, 0.6) is 0 Å². The van der Waals surface area contributed by atoms with Crippen LogP contribution in [0.2, 0.25) is 0 Å². The number of carboxylic acid groups (broad SMARTS) is 1. The Morgan fingerprint density at radius 2 is 1.03 bits per heavy atom. The van der Waals surface area contributed by atoms with Gasteiger partial charge in [-0.15, -0.1) is 0 Å². The highest BCUT2D eigenvalue weighted by atomic mass is 32.2. The van der Waals surface area contributed by atoms with Crippen molar-refractivity contribution in [2.45, 2.75) is 9.79 Å². The molecule has 0 spiro atoms. The Labute approximate surface area is 167 Å². The molecule has 0 saturated carbocycles. The standard InChI is InChI=1S/C7H6O2.C6H6O6S2.C5H5N/c8-7(9)6-4-2-1-3-5-6;7-13(8,9)5-3-1-2-4-6(5)14(10,11)12;1-2-4-6-5-3-1/h1-5H,(H,8,9);1-4H,(H,7,8,9)(H,10,11,12);1-5H. The first-order chi connectivity index (χ1) is 13.5. The molecule has 0 atom stereocenters. The van der Waals surface area contributed by atoms with E-state index >= 15 is 0 Å². The van der Waals surface area contributed by atoms with Crippen molar-refractivity contribution in [1.29, 1.82) is 0 Å². The Bertz CT molecular complexity index is 1040. The van der Waals surface area contributed by atoms with Crippen molar-refractivity contribution in [2.24, 2.45) is 0 Å². The van der Waals surface area contributed by atoms with E-state index in [9.17, 15) is 21.6 Å². The lowest BCUT2D eigenvalue weighted by atomic mass is 10.2. The lowest BCUT2D eigenvalue weighted by Crippen LogP contribution is -2.07. The largest absolute Gasteiger partial charge is 0.478 e. The van der Waals surface area contributed by atoms with E-state index in [4.69, 9.17) is 14.2 Å². The molecule has 1 aromatic heterocycles. The highest BCUT2D eigenvalue weighted by Crippen LogP contribution is 2.19. The Balaban J connectivity index is 0.000000238. The lowest BCUT2D eigenvalue weighted by molar-refractivity contribution is 0.0697. The number of nitrogens with zero attached hydrogens (tertiary/aromatic N) is 1. The van der Waals surface area contributed by atoms with Crippen LogP contribution in [0, 0.1) is 0 Å². The molecule has 0 amide bonds. The molecule has 0 radical (unpaired) electrons. The number of carboxylic acids is 1. The molecule has 3 aromatic rings. The van der Waals surface area contributed by atoms with Crippen LogP contribution in [0.3, 0.4) is 0 Å². The summed E-state index contributed by atoms with van der Waals surface area (Å²) < 4.78 is 60.0. The van der Waals surface area contributed by atoms with Gasteiger partial charge in [-0.2, -0.15) is 16.8 Å². The maximum absolute atomic E-state index is 10.7. The van der Waals surface area contributed by atoms with Crippen LogP contribution >= 0.6 is 0 Å². The molecular weight excluding hydrogens is 422 g/mol. The average Bonchev–Trinajstić information content (AvgIpc) is 2.70. The molecule has 0 aliphatic carbocycles. The van der Waals surface area contributed by atoms with E-state index in [0.717, 1.165) is 12.1 Å². The monoisotopic (exact) mass is 439 g/mol. The molecule has 11 heteroatoms. The molecule has 1 heterocycles. The van der Waals surface area contributed by atoms with E-state index in [2.05, 4.69) is 4.98 Å². The summed E-state index contributed by atoms with van der Waals surface area (Å²) in [6, 6.07) is 18.2. The number of benzene rings is 2. The summed E-state index contributed by atoms with van der Waals surface area (Å²) in [5.41, 5.74) is 0.331. The molecular formula is C18H17NO8S2. The second kappa shape index (κ2) is 11.0. The van der Waals surface area contributed by atoms with Gasteiger partial charge in [0.05, 0.1) is 5.56 Å². The fourth-order valence-corrected chi connectivity index (χ4v) is 3.55. The van der Waals surface area contributed by atoms with Gasteiger partial charge in [-0.1, -0.05) is 36.4 Å². The summed E-state index contributed by atoms with van der Waals surface area (Å²) in [4.78, 5) is 12.3. The Morgan fingerprint density at radius 1 is 0.655 bits per heavy atom. The van der Waals surface area contributed by atoms with E-state index < -0.39 is 36.0 Å². The Kier molecular flexibility index (Phi) is 9.09. The van der Waals surface area contributed by atoms with Gasteiger partial charge in [0, 0.05) is 12.4 Å². The van der Waals surface area contributed by atoms with Crippen LogP contribution in [0.25, 0.3) is 0 Å². The number of aromatic nitrogens is 1. The minimum Gasteiger partial charge on any atom is -0.478 e. The predicted molar refractivity (Wildman–Crippen MR) is 104 cm³/mol. The summed E-state index contributed by atoms with van der Waals surface area (Å²) >= 11 is 0. The van der Waals surface area contributed by atoms with Crippen molar-refractivity contribution in [3.8, 4) is 0 Å². The number of pyridine rings is 1. The van der Waals surface area contributed by atoms with E-state index in [0.29, 0.717) is 5.56 Å². The predicted octanol–water partition coefficient (Wildman–Crippen LogP) is 2.65. The topological polar surface area (TPSA) is 159 Å². The number of carbonyl (C=O) groups is 1. The van der Waals surface area contributed by atoms with Gasteiger partial charge >= 0.3 is 5.97 Å². The van der Waals surface area contributed by atoms with Gasteiger partial charge in [0.15, 0.2) is 0 Å². The van der Waals surface area contributed by atoms with Crippen LogP contribution in [0.4, 0.5) is 0 Å². The third-order valence-corrected chi connectivity index (χ3v) is 4.95. The van der Waals surface area contributed by atoms with E-state index in [1.165, 1.54) is 12.1 Å². The summed E-state index contributed by atoms with van der Waals surface area (Å²) in [5.74, 6) is -0.879. The molecule has 0 fully saturated rings. The summed E-state index contributed by atoms with van der Waals surface area (Å²) in [7, 11) is -9.31. The van der Waals surface area contributed by atoms with Crippen molar-refractivity contribution >= 4 is 26.2 Å². The molecule has 9 nitrogen and oxygen atoms in total. The van der Waals surface area contributed by atoms with Gasteiger partial charge in [-0.25, -0.2) is 4.79 Å². The average molecular weight is 439 g/mol. The molecule has 2 aromatic carbocycles. The number of aromatic carboxylic acids is 1. The second-order valence-electron chi connectivity index (χ2n) is 5.09. The first kappa shape index (κ1) is 23.9. The SMILES string of the molecule is O=C(O)c1ccccc1.O=S(=O)(O)c1ccccc1S(=O)(=O)O.c1ccncc1. The molecule has 0 aliphatic heterocycles. The van der Waals surface area contributed by atoms with E-state index in [1.807, 2.05) is 18.2 Å². The number of rotatable bonds is 3. The van der Waals surface area contributed by atoms with Crippen molar-refractivity contribution < 1.29 is 35.8 Å². The minimum atomic E-state index is -4.66. The van der Waals surface area contributed by atoms with Gasteiger partial charge in [0.25, 0.3) is 20.2 Å². The molecule has 154 valence electrons. The molecule has 0 saturated heterocycles. The van der Waals surface area contributed by atoms with Crippen LogP contribution in [0.15, 0.2) is 95.0 Å². The fraction of sp³-hybridized carbons (Fsp3) is 0. The third kappa shape index (κ3) is 9.08. The van der Waals surface area contributed by atoms with Crippen LogP contribution in [-0.2, 0) is 20.2 Å². The van der Waals surface area contributed by atoms with Crippen molar-refractivity contribution in [3.63, 3.8) is 0 Å². The van der Waals surface area contributed by atoms with Crippen molar-refractivity contribution in [3.05, 3.63) is 90.8 Å². The van der Waals surface area contributed by atoms with Gasteiger partial charge in [-0.3, -0.25) is 14.1 Å². The highest BCUT2D eigenvalue weighted by molar-refractivity contribution is 7.89. The summed E-state index contributed by atoms with van der Waals surface area (Å²) in [5, 5.41) is 8.38. The maximum Gasteiger partial charge on any atom is 0.335 e. The van der Waals surface area contributed by atoms with Gasteiger partial charge in [0.1, 0.15) is 9.79 Å². The second-order valence-corrected chi connectivity index (χ2v) is 7.87. The molecule has 0 unspecified atom stereocenters. The molecule has 0 aliphatic rings. The zero-order valence-electron chi connectivity index (χ0n) is 14.7. The molecule has 29 heavy (non-hydrogen) atoms. The Morgan fingerprint density at radius 3 is 1.28 bits per heavy atom. The zero-order chi connectivity index (χ0) is 21.9. The van der Waals surface area contributed by atoms with Crippen LogP contribution < -0.4 is 0 Å². The van der Waals surface area contributed by atoms with Crippen LogP contribution in [-0.4, -0.2) is 42.0 Å². The summed E-state index contributed by atoms with van der Waals surface area (Å²) in [6.07, 6.45) is 3.50. The van der Waals surface area contributed by atoms with Crippen molar-refractivity contribution in [2.75, 3.05) is 0 Å². The highest BCUT2D eigenvalue weighted by Gasteiger charge is 2.22. The fourth-order valence-electron chi connectivity index (χ4n) is 1.77. The first-order valence-electron chi connectivity index (χ1n) is 7.71. The van der Waals surface area contributed by atoms with Crippen LogP contribution in [0.1, 0.15) is 10.4 Å². The molecule has 3 rings (SSSR count). The lowest BCUT2D eigenvalue weighted by Gasteiger charge is -2.02. The quantitative estimate of drug-likeness (QED) is 0.521. The molecule has 0 bridgehead atoms. The van der Waals surface area contributed by atoms with Gasteiger partial charge < -0.3 is 5.11 Å². The molecule has 3 N–H and O–H groups in total. The van der Waals surface area contributed by atoms with Crippen molar-refractivity contribution in [1.82, 2.24) is 4.98 Å². The zero-order valence-corrected chi connectivity index (χ0v) is 16.4. The minimum absolute atomic E-state index is 0.331. The van der Waals surface area contributed by atoms with Gasteiger partial charge in [-0.05, 0) is 36.4 Å². The maximum atomic E-state index is 10.7. The number of hydrogen-bond acceptors (Lipinski definition) is 6. The van der Waals surface area contributed by atoms with Gasteiger partial charge in [0.2, 0.25) is 0 Å².